The quantitative estimate of drug-likeness (QED) is 0.752. The summed E-state index contributed by atoms with van der Waals surface area (Å²) in [4.78, 5) is 26.6. The fraction of sp³-hybridized carbons (Fsp3) is 0.542. The van der Waals surface area contributed by atoms with E-state index in [-0.39, 0.29) is 11.8 Å². The first-order valence-electron chi connectivity index (χ1n) is 11.1. The molecule has 0 saturated carbocycles. The van der Waals surface area contributed by atoms with Gasteiger partial charge in [0.15, 0.2) is 0 Å². The molecule has 0 unspecified atom stereocenters. The van der Waals surface area contributed by atoms with Crippen molar-refractivity contribution in [2.24, 2.45) is 0 Å². The molecule has 6 nitrogen and oxygen atoms in total. The highest BCUT2D eigenvalue weighted by Crippen LogP contribution is 2.32. The highest BCUT2D eigenvalue weighted by atomic mass is 16.5. The molecule has 0 spiro atoms. The van der Waals surface area contributed by atoms with Gasteiger partial charge in [-0.15, -0.1) is 0 Å². The number of methoxy groups -OCH3 is 1. The number of amides is 1. The molecule has 160 valence electrons. The van der Waals surface area contributed by atoms with E-state index < -0.39 is 0 Å². The van der Waals surface area contributed by atoms with Crippen molar-refractivity contribution in [3.05, 3.63) is 46.9 Å². The molecule has 2 aromatic rings. The molecular weight excluding hydrogens is 376 g/mol. The third kappa shape index (κ3) is 4.27. The minimum Gasteiger partial charge on any atom is -0.497 e. The van der Waals surface area contributed by atoms with E-state index in [4.69, 9.17) is 14.7 Å². The van der Waals surface area contributed by atoms with E-state index in [2.05, 4.69) is 24.0 Å². The molecule has 0 bridgehead atoms. The predicted octanol–water partition coefficient (Wildman–Crippen LogP) is 3.86. The van der Waals surface area contributed by atoms with E-state index in [0.29, 0.717) is 6.42 Å². The van der Waals surface area contributed by atoms with Crippen LogP contribution < -0.4 is 9.64 Å². The normalized spacial score (nSPS) is 18.8. The fourth-order valence-corrected chi connectivity index (χ4v) is 4.67. The summed E-state index contributed by atoms with van der Waals surface area (Å²) < 4.78 is 5.39. The zero-order valence-corrected chi connectivity index (χ0v) is 18.4. The van der Waals surface area contributed by atoms with Gasteiger partial charge in [0.1, 0.15) is 17.4 Å². The summed E-state index contributed by atoms with van der Waals surface area (Å²) in [6.07, 6.45) is 4.76. The highest BCUT2D eigenvalue weighted by molar-refractivity contribution is 5.76. The van der Waals surface area contributed by atoms with Crippen molar-refractivity contribution in [2.75, 3.05) is 31.6 Å². The molecule has 0 N–H and O–H groups in total. The van der Waals surface area contributed by atoms with Crippen molar-refractivity contribution in [1.29, 1.82) is 0 Å². The Morgan fingerprint density at radius 3 is 2.90 bits per heavy atom. The van der Waals surface area contributed by atoms with E-state index in [1.165, 1.54) is 11.1 Å². The maximum atomic E-state index is 12.2. The van der Waals surface area contributed by atoms with E-state index >= 15 is 0 Å². The first kappa shape index (κ1) is 20.6. The Morgan fingerprint density at radius 2 is 2.10 bits per heavy atom. The van der Waals surface area contributed by atoms with Crippen LogP contribution in [0.4, 0.5) is 5.82 Å². The minimum atomic E-state index is 0.221. The van der Waals surface area contributed by atoms with Crippen molar-refractivity contribution in [1.82, 2.24) is 14.9 Å². The molecule has 2 aliphatic rings. The predicted molar refractivity (Wildman–Crippen MR) is 118 cm³/mol. The van der Waals surface area contributed by atoms with Crippen LogP contribution in [0.1, 0.15) is 61.2 Å². The van der Waals surface area contributed by atoms with Gasteiger partial charge in [-0.25, -0.2) is 9.97 Å². The van der Waals surface area contributed by atoms with Gasteiger partial charge in [-0.05, 0) is 50.3 Å². The number of nitrogens with zero attached hydrogens (tertiary/aromatic N) is 4. The number of carbonyl (C=O) groups is 1. The number of piperidine rings is 1. The molecule has 1 aromatic heterocycles. The van der Waals surface area contributed by atoms with Gasteiger partial charge >= 0.3 is 0 Å². The number of carbonyl (C=O) groups excluding carboxylic acids is 1. The molecule has 0 radical (unpaired) electrons. The number of benzene rings is 1. The molecule has 1 atom stereocenters. The topological polar surface area (TPSA) is 58.6 Å². The number of aryl methyl sites for hydroxylation is 1. The van der Waals surface area contributed by atoms with Crippen LogP contribution in [0.3, 0.4) is 0 Å². The molecule has 1 amide bonds. The van der Waals surface area contributed by atoms with Gasteiger partial charge in [-0.2, -0.15) is 0 Å². The SMILES string of the molecule is CCC(=O)N1CCC[C@@H](c2nc(C)c3c(n2)N(Cc2cccc(OC)c2)CCC3)C1. The van der Waals surface area contributed by atoms with Crippen LogP contribution in [0.15, 0.2) is 24.3 Å². The average molecular weight is 409 g/mol. The molecule has 1 aromatic carbocycles. The lowest BCUT2D eigenvalue weighted by molar-refractivity contribution is -0.132. The van der Waals surface area contributed by atoms with Crippen LogP contribution in [0, 0.1) is 6.92 Å². The number of fused-ring (bicyclic) bond motifs is 1. The van der Waals surface area contributed by atoms with Gasteiger partial charge in [0.2, 0.25) is 5.91 Å². The Labute approximate surface area is 179 Å². The molecule has 1 fully saturated rings. The lowest BCUT2D eigenvalue weighted by Gasteiger charge is -2.34. The number of hydrogen-bond donors (Lipinski definition) is 0. The van der Waals surface area contributed by atoms with Gasteiger partial charge < -0.3 is 14.5 Å². The third-order valence-electron chi connectivity index (χ3n) is 6.31. The summed E-state index contributed by atoms with van der Waals surface area (Å²) in [7, 11) is 1.70. The van der Waals surface area contributed by atoms with E-state index in [1.54, 1.807) is 7.11 Å². The number of aromatic nitrogens is 2. The van der Waals surface area contributed by atoms with E-state index in [0.717, 1.165) is 74.9 Å². The number of rotatable bonds is 5. The molecule has 0 aliphatic carbocycles. The van der Waals surface area contributed by atoms with Crippen molar-refractivity contribution in [2.45, 2.75) is 58.4 Å². The van der Waals surface area contributed by atoms with Gasteiger partial charge in [0.25, 0.3) is 0 Å². The van der Waals surface area contributed by atoms with Gasteiger partial charge in [-0.1, -0.05) is 19.1 Å². The Hall–Kier alpha value is -2.63. The summed E-state index contributed by atoms with van der Waals surface area (Å²) in [5.74, 6) is 3.31. The van der Waals surface area contributed by atoms with Gasteiger partial charge in [0, 0.05) is 49.8 Å². The zero-order valence-electron chi connectivity index (χ0n) is 18.4. The number of likely N-dealkylation sites (tertiary alicyclic amines) is 1. The summed E-state index contributed by atoms with van der Waals surface area (Å²) >= 11 is 0. The zero-order chi connectivity index (χ0) is 21.1. The Balaban J connectivity index is 1.61. The van der Waals surface area contributed by atoms with Crippen LogP contribution in [0.25, 0.3) is 0 Å². The lowest BCUT2D eigenvalue weighted by Crippen LogP contribution is -2.39. The van der Waals surface area contributed by atoms with Crippen molar-refractivity contribution >= 4 is 11.7 Å². The molecule has 2 aliphatic heterocycles. The van der Waals surface area contributed by atoms with Crippen LogP contribution in [-0.2, 0) is 17.8 Å². The largest absolute Gasteiger partial charge is 0.497 e. The van der Waals surface area contributed by atoms with Crippen LogP contribution >= 0.6 is 0 Å². The molecule has 6 heteroatoms. The Morgan fingerprint density at radius 1 is 1.23 bits per heavy atom. The molecule has 30 heavy (non-hydrogen) atoms. The Bertz CT molecular complexity index is 914. The standard InChI is InChI=1S/C24H32N4O2/c1-4-22(29)27-12-6-9-19(16-27)23-25-17(2)21-11-7-13-28(24(21)26-23)15-18-8-5-10-20(14-18)30-3/h5,8,10,14,19H,4,6-7,9,11-13,15-16H2,1-3H3/t19-/m1/s1. The lowest BCUT2D eigenvalue weighted by atomic mass is 9.95. The van der Waals surface area contributed by atoms with Crippen LogP contribution in [0.5, 0.6) is 5.75 Å². The summed E-state index contributed by atoms with van der Waals surface area (Å²) in [5.41, 5.74) is 3.58. The summed E-state index contributed by atoms with van der Waals surface area (Å²) in [5, 5.41) is 0. The molecule has 3 heterocycles. The second-order valence-corrected chi connectivity index (χ2v) is 8.38. The minimum absolute atomic E-state index is 0.221. The number of hydrogen-bond acceptors (Lipinski definition) is 5. The first-order valence-corrected chi connectivity index (χ1v) is 11.1. The van der Waals surface area contributed by atoms with Crippen LogP contribution in [-0.4, -0.2) is 47.5 Å². The summed E-state index contributed by atoms with van der Waals surface area (Å²) in [6, 6.07) is 8.25. The van der Waals surface area contributed by atoms with Gasteiger partial charge in [-0.3, -0.25) is 4.79 Å². The van der Waals surface area contributed by atoms with E-state index in [9.17, 15) is 4.79 Å². The van der Waals surface area contributed by atoms with Crippen molar-refractivity contribution < 1.29 is 9.53 Å². The summed E-state index contributed by atoms with van der Waals surface area (Å²) in [6.45, 7) is 7.44. The highest BCUT2D eigenvalue weighted by Gasteiger charge is 2.29. The number of ether oxygens (including phenoxy) is 1. The van der Waals surface area contributed by atoms with Crippen LogP contribution in [0.2, 0.25) is 0 Å². The third-order valence-corrected chi connectivity index (χ3v) is 6.31. The molecule has 1 saturated heterocycles. The van der Waals surface area contributed by atoms with E-state index in [1.807, 2.05) is 24.0 Å². The second kappa shape index (κ2) is 9.02. The van der Waals surface area contributed by atoms with Gasteiger partial charge in [0.05, 0.1) is 7.11 Å². The molecular formula is C24H32N4O2. The maximum absolute atomic E-state index is 12.2. The average Bonchev–Trinajstić information content (AvgIpc) is 2.79. The van der Waals surface area contributed by atoms with Crippen molar-refractivity contribution in [3.63, 3.8) is 0 Å². The second-order valence-electron chi connectivity index (χ2n) is 8.38. The van der Waals surface area contributed by atoms with Crippen molar-refractivity contribution in [3.8, 4) is 5.75 Å². The number of anilines is 1. The monoisotopic (exact) mass is 408 g/mol. The first-order chi connectivity index (χ1) is 14.6. The molecule has 4 rings (SSSR count). The maximum Gasteiger partial charge on any atom is 0.222 e. The fourth-order valence-electron chi connectivity index (χ4n) is 4.67. The Kier molecular flexibility index (Phi) is 6.21. The smallest absolute Gasteiger partial charge is 0.222 e.